The predicted molar refractivity (Wildman–Crippen MR) is 88.1 cm³/mol. The Hall–Kier alpha value is -0.600. The average Bonchev–Trinajstić information content (AvgIpc) is 2.48. The Labute approximate surface area is 133 Å². The van der Waals surface area contributed by atoms with Crippen LogP contribution >= 0.6 is 11.6 Å². The molecule has 1 fully saturated rings. The van der Waals surface area contributed by atoms with Crippen molar-refractivity contribution >= 4 is 11.6 Å². The normalized spacial score (nSPS) is 24.0. The Morgan fingerprint density at radius 1 is 1.29 bits per heavy atom. The molecule has 1 aromatic carbocycles. The molecule has 3 heteroatoms. The van der Waals surface area contributed by atoms with Crippen LogP contribution in [0.3, 0.4) is 0 Å². The molecule has 1 aliphatic carbocycles. The summed E-state index contributed by atoms with van der Waals surface area (Å²) in [5.74, 6) is 1.21. The number of rotatable bonds is 6. The minimum absolute atomic E-state index is 0.139. The second-order valence-electron chi connectivity index (χ2n) is 6.53. The first-order chi connectivity index (χ1) is 10.1. The van der Waals surface area contributed by atoms with E-state index in [1.54, 1.807) is 6.07 Å². The van der Waals surface area contributed by atoms with E-state index in [0.717, 1.165) is 17.9 Å². The van der Waals surface area contributed by atoms with Crippen LogP contribution in [0.1, 0.15) is 57.4 Å². The van der Waals surface area contributed by atoms with E-state index in [0.29, 0.717) is 10.9 Å². The molecule has 118 valence electrons. The molecular formula is C18H27ClFN. The zero-order valence-corrected chi connectivity index (χ0v) is 13.7. The molecule has 2 N–H and O–H groups in total. The zero-order valence-electron chi connectivity index (χ0n) is 13.0. The van der Waals surface area contributed by atoms with Crippen molar-refractivity contribution in [3.05, 3.63) is 34.6 Å². The van der Waals surface area contributed by atoms with Crippen LogP contribution in [0.25, 0.3) is 0 Å². The van der Waals surface area contributed by atoms with Gasteiger partial charge in [-0.05, 0) is 48.8 Å². The van der Waals surface area contributed by atoms with E-state index in [2.05, 4.69) is 6.92 Å². The fourth-order valence-electron chi connectivity index (χ4n) is 3.51. The molecule has 1 nitrogen and oxygen atoms in total. The van der Waals surface area contributed by atoms with Crippen molar-refractivity contribution in [3.8, 4) is 0 Å². The first-order valence-electron chi connectivity index (χ1n) is 8.29. The minimum Gasteiger partial charge on any atom is -0.327 e. The van der Waals surface area contributed by atoms with Gasteiger partial charge in [-0.15, -0.1) is 0 Å². The Balaban J connectivity index is 1.83. The molecule has 21 heavy (non-hydrogen) atoms. The molecule has 1 aliphatic rings. The fraction of sp³-hybridized carbons (Fsp3) is 0.667. The molecular weight excluding hydrogens is 285 g/mol. The maximum Gasteiger partial charge on any atom is 0.124 e. The van der Waals surface area contributed by atoms with Gasteiger partial charge < -0.3 is 5.73 Å². The Kier molecular flexibility index (Phi) is 6.50. The number of hydrogen-bond acceptors (Lipinski definition) is 1. The first-order valence-corrected chi connectivity index (χ1v) is 8.67. The van der Waals surface area contributed by atoms with Crippen molar-refractivity contribution < 1.29 is 4.39 Å². The zero-order chi connectivity index (χ0) is 15.2. The van der Waals surface area contributed by atoms with Crippen molar-refractivity contribution in [2.75, 3.05) is 0 Å². The highest BCUT2D eigenvalue weighted by Gasteiger charge is 2.25. The highest BCUT2D eigenvalue weighted by Crippen LogP contribution is 2.34. The van der Waals surface area contributed by atoms with Gasteiger partial charge in [-0.25, -0.2) is 4.39 Å². The monoisotopic (exact) mass is 311 g/mol. The molecule has 1 saturated carbocycles. The largest absolute Gasteiger partial charge is 0.327 e. The van der Waals surface area contributed by atoms with Crippen molar-refractivity contribution in [2.24, 2.45) is 17.6 Å². The van der Waals surface area contributed by atoms with Crippen LogP contribution < -0.4 is 5.73 Å². The van der Waals surface area contributed by atoms with Crippen molar-refractivity contribution in [3.63, 3.8) is 0 Å². The summed E-state index contributed by atoms with van der Waals surface area (Å²) in [7, 11) is 0. The highest BCUT2D eigenvalue weighted by molar-refractivity contribution is 6.31. The van der Waals surface area contributed by atoms with Crippen LogP contribution in [0, 0.1) is 17.7 Å². The van der Waals surface area contributed by atoms with E-state index < -0.39 is 0 Å². The lowest BCUT2D eigenvalue weighted by molar-refractivity contribution is 0.231. The van der Waals surface area contributed by atoms with Gasteiger partial charge in [0.25, 0.3) is 0 Å². The number of benzene rings is 1. The summed E-state index contributed by atoms with van der Waals surface area (Å²) in [5.41, 5.74) is 7.35. The van der Waals surface area contributed by atoms with Crippen LogP contribution in [0.2, 0.25) is 5.02 Å². The summed E-state index contributed by atoms with van der Waals surface area (Å²) < 4.78 is 13.1. The molecule has 0 amide bonds. The maximum absolute atomic E-state index is 13.1. The number of hydrogen-bond donors (Lipinski definition) is 1. The third-order valence-corrected chi connectivity index (χ3v) is 5.29. The van der Waals surface area contributed by atoms with E-state index in [9.17, 15) is 4.39 Å². The van der Waals surface area contributed by atoms with Crippen molar-refractivity contribution in [2.45, 2.75) is 64.3 Å². The summed E-state index contributed by atoms with van der Waals surface area (Å²) in [6, 6.07) is 4.76. The van der Waals surface area contributed by atoms with E-state index in [-0.39, 0.29) is 11.9 Å². The predicted octanol–water partition coefficient (Wildman–Crippen LogP) is 5.35. The van der Waals surface area contributed by atoms with Gasteiger partial charge in [-0.1, -0.05) is 56.7 Å². The Bertz CT molecular complexity index is 441. The van der Waals surface area contributed by atoms with Gasteiger partial charge in [0.1, 0.15) is 5.82 Å². The lowest BCUT2D eigenvalue weighted by Crippen LogP contribution is -2.35. The van der Waals surface area contributed by atoms with Crippen LogP contribution in [-0.2, 0) is 6.42 Å². The average molecular weight is 312 g/mol. The molecule has 0 bridgehead atoms. The summed E-state index contributed by atoms with van der Waals surface area (Å²) >= 11 is 6.10. The van der Waals surface area contributed by atoms with Gasteiger partial charge in [0.05, 0.1) is 0 Å². The molecule has 0 aliphatic heterocycles. The van der Waals surface area contributed by atoms with Crippen molar-refractivity contribution in [1.82, 2.24) is 0 Å². The maximum atomic E-state index is 13.1. The number of halogens is 2. The molecule has 1 aromatic rings. The van der Waals surface area contributed by atoms with Crippen LogP contribution in [0.4, 0.5) is 4.39 Å². The van der Waals surface area contributed by atoms with Gasteiger partial charge in [0.15, 0.2) is 0 Å². The second-order valence-corrected chi connectivity index (χ2v) is 6.93. The standard InChI is InChI=1S/C18H27ClFN/c1-2-3-4-13-5-7-14(8-6-13)18(21)11-15-9-10-16(20)12-17(15)19/h9-10,12-14,18H,2-8,11,21H2,1H3. The Morgan fingerprint density at radius 3 is 2.62 bits per heavy atom. The van der Waals surface area contributed by atoms with E-state index >= 15 is 0 Å². The third kappa shape index (κ3) is 4.96. The summed E-state index contributed by atoms with van der Waals surface area (Å²) in [6.45, 7) is 2.26. The number of unbranched alkanes of at least 4 members (excludes halogenated alkanes) is 1. The second kappa shape index (κ2) is 8.14. The number of nitrogens with two attached hydrogens (primary N) is 1. The van der Waals surface area contributed by atoms with Crippen LogP contribution in [0.15, 0.2) is 18.2 Å². The molecule has 1 unspecified atom stereocenters. The quantitative estimate of drug-likeness (QED) is 0.753. The first kappa shape index (κ1) is 16.8. The van der Waals surface area contributed by atoms with Gasteiger partial charge in [-0.3, -0.25) is 0 Å². The van der Waals surface area contributed by atoms with Crippen molar-refractivity contribution in [1.29, 1.82) is 0 Å². The lowest BCUT2D eigenvalue weighted by Gasteiger charge is -2.32. The topological polar surface area (TPSA) is 26.0 Å². The Morgan fingerprint density at radius 2 is 2.00 bits per heavy atom. The molecule has 0 heterocycles. The molecule has 2 rings (SSSR count). The molecule has 0 radical (unpaired) electrons. The minimum atomic E-state index is -0.284. The van der Waals surface area contributed by atoms with E-state index in [4.69, 9.17) is 17.3 Å². The smallest absolute Gasteiger partial charge is 0.124 e. The lowest BCUT2D eigenvalue weighted by atomic mass is 9.76. The fourth-order valence-corrected chi connectivity index (χ4v) is 3.75. The van der Waals surface area contributed by atoms with Crippen LogP contribution in [0.5, 0.6) is 0 Å². The van der Waals surface area contributed by atoms with Gasteiger partial charge in [-0.2, -0.15) is 0 Å². The molecule has 1 atom stereocenters. The van der Waals surface area contributed by atoms with Gasteiger partial charge in [0, 0.05) is 11.1 Å². The molecule has 0 aromatic heterocycles. The summed E-state index contributed by atoms with van der Waals surface area (Å²) in [5, 5.41) is 0.502. The summed E-state index contributed by atoms with van der Waals surface area (Å²) in [6.07, 6.45) is 9.87. The van der Waals surface area contributed by atoms with E-state index in [1.165, 1.54) is 57.1 Å². The molecule has 0 saturated heterocycles. The van der Waals surface area contributed by atoms with Crippen LogP contribution in [-0.4, -0.2) is 6.04 Å². The summed E-state index contributed by atoms with van der Waals surface area (Å²) in [4.78, 5) is 0. The van der Waals surface area contributed by atoms with Gasteiger partial charge in [0.2, 0.25) is 0 Å². The SMILES string of the molecule is CCCCC1CCC(C(N)Cc2ccc(F)cc2Cl)CC1. The third-order valence-electron chi connectivity index (χ3n) is 4.93. The molecule has 0 spiro atoms. The van der Waals surface area contributed by atoms with E-state index in [1.807, 2.05) is 0 Å². The van der Waals surface area contributed by atoms with Gasteiger partial charge >= 0.3 is 0 Å². The highest BCUT2D eigenvalue weighted by atomic mass is 35.5.